The molecule has 0 aliphatic carbocycles. The lowest BCUT2D eigenvalue weighted by atomic mass is 10.2. The van der Waals surface area contributed by atoms with Crippen LogP contribution in [0, 0.1) is 5.82 Å². The van der Waals surface area contributed by atoms with Crippen molar-refractivity contribution in [3.05, 3.63) is 48.3 Å². The van der Waals surface area contributed by atoms with Crippen LogP contribution in [0.3, 0.4) is 0 Å². The van der Waals surface area contributed by atoms with Crippen molar-refractivity contribution in [3.8, 4) is 0 Å². The van der Waals surface area contributed by atoms with Gasteiger partial charge in [-0.2, -0.15) is 0 Å². The molecule has 0 unspecified atom stereocenters. The van der Waals surface area contributed by atoms with Crippen LogP contribution >= 0.6 is 0 Å². The monoisotopic (exact) mass is 249 g/mol. The summed E-state index contributed by atoms with van der Waals surface area (Å²) in [6.07, 6.45) is 3.83. The van der Waals surface area contributed by atoms with E-state index >= 15 is 0 Å². The largest absolute Gasteiger partial charge is 0.338 e. The number of carbonyl (C=O) groups is 1. The molecule has 0 aromatic heterocycles. The molecule has 0 spiro atoms. The number of nitrogens with zero attached hydrogens (tertiary/aromatic N) is 1. The van der Waals surface area contributed by atoms with Gasteiger partial charge in [-0.25, -0.2) is 4.39 Å². The Balaban J connectivity index is 2.74. The summed E-state index contributed by atoms with van der Waals surface area (Å²) in [6, 6.07) is 6.58. The van der Waals surface area contributed by atoms with Gasteiger partial charge in [0.15, 0.2) is 0 Å². The maximum Gasteiger partial charge on any atom is 0.226 e. The van der Waals surface area contributed by atoms with Crippen LogP contribution in [0.1, 0.15) is 31.7 Å². The van der Waals surface area contributed by atoms with E-state index in [1.165, 1.54) is 6.07 Å². The zero-order valence-corrected chi connectivity index (χ0v) is 10.9. The zero-order chi connectivity index (χ0) is 13.4. The fourth-order valence-corrected chi connectivity index (χ4v) is 1.73. The molecular weight excluding hydrogens is 229 g/mol. The van der Waals surface area contributed by atoms with Crippen molar-refractivity contribution in [2.45, 2.75) is 32.7 Å². The third-order valence-electron chi connectivity index (χ3n) is 2.77. The highest BCUT2D eigenvalue weighted by molar-refractivity contribution is 5.77. The van der Waals surface area contributed by atoms with Crippen LogP contribution in [-0.4, -0.2) is 17.4 Å². The van der Waals surface area contributed by atoms with Gasteiger partial charge >= 0.3 is 0 Å². The number of rotatable bonds is 7. The van der Waals surface area contributed by atoms with Crippen LogP contribution in [0.2, 0.25) is 0 Å². The lowest BCUT2D eigenvalue weighted by Crippen LogP contribution is -2.31. The highest BCUT2D eigenvalue weighted by atomic mass is 19.1. The number of unbranched alkanes of at least 4 members (excludes halogenated alkanes) is 1. The molecule has 1 rings (SSSR count). The highest BCUT2D eigenvalue weighted by Crippen LogP contribution is 2.11. The molecule has 0 saturated carbocycles. The van der Waals surface area contributed by atoms with E-state index in [2.05, 4.69) is 13.5 Å². The number of halogens is 1. The van der Waals surface area contributed by atoms with Crippen LogP contribution in [0.5, 0.6) is 0 Å². The third-order valence-corrected chi connectivity index (χ3v) is 2.77. The molecule has 98 valence electrons. The van der Waals surface area contributed by atoms with Crippen LogP contribution < -0.4 is 0 Å². The summed E-state index contributed by atoms with van der Waals surface area (Å²) in [6.45, 7) is 6.63. The van der Waals surface area contributed by atoms with Crippen molar-refractivity contribution in [2.24, 2.45) is 0 Å². The van der Waals surface area contributed by atoms with E-state index in [9.17, 15) is 9.18 Å². The van der Waals surface area contributed by atoms with Gasteiger partial charge in [-0.1, -0.05) is 37.6 Å². The quantitative estimate of drug-likeness (QED) is 0.677. The summed E-state index contributed by atoms with van der Waals surface area (Å²) in [5.41, 5.74) is 0.561. The Kier molecular flexibility index (Phi) is 6.12. The Morgan fingerprint density at radius 1 is 1.44 bits per heavy atom. The fraction of sp³-hybridized carbons (Fsp3) is 0.400. The second-order valence-electron chi connectivity index (χ2n) is 4.25. The minimum Gasteiger partial charge on any atom is -0.338 e. The first-order chi connectivity index (χ1) is 8.69. The molecule has 2 nitrogen and oxygen atoms in total. The first kappa shape index (κ1) is 14.4. The van der Waals surface area contributed by atoms with Gasteiger partial charge in [0.2, 0.25) is 5.91 Å². The molecule has 3 heteroatoms. The fourth-order valence-electron chi connectivity index (χ4n) is 1.73. The average Bonchev–Trinajstić information content (AvgIpc) is 2.36. The predicted octanol–water partition coefficient (Wildman–Crippen LogP) is 3.53. The second kappa shape index (κ2) is 7.64. The first-order valence-electron chi connectivity index (χ1n) is 6.31. The lowest BCUT2D eigenvalue weighted by Gasteiger charge is -2.22. The minimum absolute atomic E-state index is 0.00158. The van der Waals surface area contributed by atoms with Crippen LogP contribution in [0.15, 0.2) is 36.9 Å². The normalized spacial score (nSPS) is 10.1. The Labute approximate surface area is 108 Å². The van der Waals surface area contributed by atoms with Gasteiger partial charge < -0.3 is 4.90 Å². The standard InChI is InChI=1S/C15H20FNO/c1-3-5-11-17(15(18)8-4-2)12-13-9-6-7-10-14(13)16/h4,6-7,9-10H,2-3,5,8,11-12H2,1H3. The second-order valence-corrected chi connectivity index (χ2v) is 4.25. The maximum atomic E-state index is 13.6. The van der Waals surface area contributed by atoms with Crippen molar-refractivity contribution in [3.63, 3.8) is 0 Å². The van der Waals surface area contributed by atoms with Gasteiger partial charge in [0.25, 0.3) is 0 Å². The number of hydrogen-bond acceptors (Lipinski definition) is 1. The number of hydrogen-bond donors (Lipinski definition) is 0. The molecular formula is C15H20FNO. The topological polar surface area (TPSA) is 20.3 Å². The molecule has 0 saturated heterocycles. The molecule has 0 bridgehead atoms. The summed E-state index contributed by atoms with van der Waals surface area (Å²) in [5, 5.41) is 0. The number of amides is 1. The average molecular weight is 249 g/mol. The van der Waals surface area contributed by atoms with Crippen molar-refractivity contribution in [1.82, 2.24) is 4.90 Å². The summed E-state index contributed by atoms with van der Waals surface area (Å²) in [5.74, 6) is -0.257. The Bertz CT molecular complexity index is 403. The Morgan fingerprint density at radius 2 is 2.17 bits per heavy atom. The minimum atomic E-state index is -0.259. The summed E-state index contributed by atoms with van der Waals surface area (Å²) < 4.78 is 13.6. The van der Waals surface area contributed by atoms with Crippen LogP contribution in [0.4, 0.5) is 4.39 Å². The smallest absolute Gasteiger partial charge is 0.226 e. The Morgan fingerprint density at radius 3 is 2.78 bits per heavy atom. The van der Waals surface area contributed by atoms with E-state index < -0.39 is 0 Å². The van der Waals surface area contributed by atoms with Gasteiger partial charge in [-0.3, -0.25) is 4.79 Å². The SMILES string of the molecule is C=CCC(=O)N(CCCC)Cc1ccccc1F. The van der Waals surface area contributed by atoms with Gasteiger partial charge in [-0.05, 0) is 12.5 Å². The first-order valence-corrected chi connectivity index (χ1v) is 6.31. The zero-order valence-electron chi connectivity index (χ0n) is 10.9. The predicted molar refractivity (Wildman–Crippen MR) is 71.5 cm³/mol. The molecule has 1 aromatic carbocycles. The molecule has 0 fully saturated rings. The van der Waals surface area contributed by atoms with Crippen molar-refractivity contribution < 1.29 is 9.18 Å². The van der Waals surface area contributed by atoms with Crippen molar-refractivity contribution >= 4 is 5.91 Å². The molecule has 1 amide bonds. The summed E-state index contributed by atoms with van der Waals surface area (Å²) in [7, 11) is 0. The van der Waals surface area contributed by atoms with Crippen molar-refractivity contribution in [1.29, 1.82) is 0 Å². The molecule has 0 atom stereocenters. The molecule has 18 heavy (non-hydrogen) atoms. The molecule has 0 N–H and O–H groups in total. The maximum absolute atomic E-state index is 13.6. The van der Waals surface area contributed by atoms with Crippen LogP contribution in [0.25, 0.3) is 0 Å². The summed E-state index contributed by atoms with van der Waals surface area (Å²) >= 11 is 0. The third kappa shape index (κ3) is 4.32. The van der Waals surface area contributed by atoms with E-state index in [1.807, 2.05) is 0 Å². The molecule has 0 heterocycles. The van der Waals surface area contributed by atoms with Crippen LogP contribution in [-0.2, 0) is 11.3 Å². The van der Waals surface area contributed by atoms with Gasteiger partial charge in [0.05, 0.1) is 0 Å². The molecule has 0 aliphatic rings. The van der Waals surface area contributed by atoms with Gasteiger partial charge in [0.1, 0.15) is 5.82 Å². The lowest BCUT2D eigenvalue weighted by molar-refractivity contribution is -0.131. The van der Waals surface area contributed by atoms with E-state index in [-0.39, 0.29) is 11.7 Å². The van der Waals surface area contributed by atoms with Gasteiger partial charge in [-0.15, -0.1) is 6.58 Å². The summed E-state index contributed by atoms with van der Waals surface area (Å²) in [4.78, 5) is 13.6. The van der Waals surface area contributed by atoms with E-state index in [4.69, 9.17) is 0 Å². The van der Waals surface area contributed by atoms with E-state index in [1.54, 1.807) is 29.2 Å². The number of benzene rings is 1. The number of carbonyl (C=O) groups excluding carboxylic acids is 1. The van der Waals surface area contributed by atoms with E-state index in [0.29, 0.717) is 25.1 Å². The molecule has 0 radical (unpaired) electrons. The van der Waals surface area contributed by atoms with Crippen molar-refractivity contribution in [2.75, 3.05) is 6.54 Å². The highest BCUT2D eigenvalue weighted by Gasteiger charge is 2.13. The van der Waals surface area contributed by atoms with E-state index in [0.717, 1.165) is 12.8 Å². The molecule has 0 aliphatic heterocycles. The van der Waals surface area contributed by atoms with Gasteiger partial charge in [0, 0.05) is 25.1 Å². The molecule has 1 aromatic rings. The Hall–Kier alpha value is -1.64.